The van der Waals surface area contributed by atoms with Gasteiger partial charge in [-0.3, -0.25) is 9.59 Å². The van der Waals surface area contributed by atoms with Gasteiger partial charge in [0.2, 0.25) is 0 Å². The summed E-state index contributed by atoms with van der Waals surface area (Å²) in [6.45, 7) is 0.664. The maximum Gasteiger partial charge on any atom is 0.307 e. The molecule has 0 radical (unpaired) electrons. The average molecular weight is 333 g/mol. The molecule has 0 aliphatic heterocycles. The number of nitrogens with zero attached hydrogens (tertiary/aromatic N) is 2. The quantitative estimate of drug-likeness (QED) is 0.603. The predicted molar refractivity (Wildman–Crippen MR) is 87.1 cm³/mol. The van der Waals surface area contributed by atoms with Crippen molar-refractivity contribution in [1.82, 2.24) is 9.88 Å². The van der Waals surface area contributed by atoms with Crippen LogP contribution < -0.4 is 0 Å². The van der Waals surface area contributed by atoms with Crippen molar-refractivity contribution in [2.45, 2.75) is 13.0 Å². The van der Waals surface area contributed by atoms with Crippen LogP contribution in [0, 0.1) is 0 Å². The summed E-state index contributed by atoms with van der Waals surface area (Å²) in [6.07, 6.45) is 1.62. The number of aromatic nitrogens is 1. The molecule has 0 atom stereocenters. The zero-order valence-electron chi connectivity index (χ0n) is 12.7. The van der Waals surface area contributed by atoms with Gasteiger partial charge in [0.1, 0.15) is 5.15 Å². The minimum atomic E-state index is -0.358. The van der Waals surface area contributed by atoms with Crippen molar-refractivity contribution in [1.29, 1.82) is 0 Å². The molecule has 0 saturated heterocycles. The molecule has 1 aromatic carbocycles. The van der Waals surface area contributed by atoms with E-state index in [-0.39, 0.29) is 30.0 Å². The smallest absolute Gasteiger partial charge is 0.307 e. The highest BCUT2D eigenvalue weighted by Gasteiger charge is 2.18. The second kappa shape index (κ2) is 8.29. The van der Waals surface area contributed by atoms with Crippen molar-refractivity contribution in [3.63, 3.8) is 0 Å². The summed E-state index contributed by atoms with van der Waals surface area (Å²) in [7, 11) is 1.33. The highest BCUT2D eigenvalue weighted by atomic mass is 35.5. The monoisotopic (exact) mass is 332 g/mol. The average Bonchev–Trinajstić information content (AvgIpc) is 2.58. The fourth-order valence-electron chi connectivity index (χ4n) is 2.10. The number of halogens is 1. The van der Waals surface area contributed by atoms with E-state index in [1.54, 1.807) is 11.0 Å². The number of rotatable bonds is 6. The molecule has 0 aliphatic rings. The van der Waals surface area contributed by atoms with E-state index in [0.717, 1.165) is 5.56 Å². The Morgan fingerprint density at radius 2 is 1.96 bits per heavy atom. The van der Waals surface area contributed by atoms with Gasteiger partial charge in [0.15, 0.2) is 0 Å². The Morgan fingerprint density at radius 3 is 2.61 bits per heavy atom. The van der Waals surface area contributed by atoms with Gasteiger partial charge < -0.3 is 9.64 Å². The summed E-state index contributed by atoms with van der Waals surface area (Å²) in [5.74, 6) is -0.564. The first-order chi connectivity index (χ1) is 11.1. The van der Waals surface area contributed by atoms with Crippen LogP contribution in [0.15, 0.2) is 48.7 Å². The zero-order valence-corrected chi connectivity index (χ0v) is 13.5. The lowest BCUT2D eigenvalue weighted by Gasteiger charge is -2.22. The van der Waals surface area contributed by atoms with Crippen molar-refractivity contribution < 1.29 is 14.3 Å². The highest BCUT2D eigenvalue weighted by molar-refractivity contribution is 6.29. The first-order valence-corrected chi connectivity index (χ1v) is 7.49. The number of hydrogen-bond donors (Lipinski definition) is 0. The van der Waals surface area contributed by atoms with Crippen LogP contribution in [0.25, 0.3) is 0 Å². The Bertz CT molecular complexity index is 677. The topological polar surface area (TPSA) is 59.5 Å². The van der Waals surface area contributed by atoms with Gasteiger partial charge in [-0.1, -0.05) is 41.9 Å². The molecule has 1 amide bonds. The first kappa shape index (κ1) is 17.0. The molecular formula is C17H17ClN2O3. The third-order valence-corrected chi connectivity index (χ3v) is 3.50. The third kappa shape index (κ3) is 5.07. The summed E-state index contributed by atoms with van der Waals surface area (Å²) in [5, 5.41) is 0.253. The molecular weight excluding hydrogens is 316 g/mol. The van der Waals surface area contributed by atoms with Gasteiger partial charge in [0.25, 0.3) is 5.91 Å². The van der Waals surface area contributed by atoms with E-state index in [1.165, 1.54) is 19.4 Å². The van der Waals surface area contributed by atoms with E-state index in [1.807, 2.05) is 30.3 Å². The van der Waals surface area contributed by atoms with E-state index in [2.05, 4.69) is 9.72 Å². The predicted octanol–water partition coefficient (Wildman–Crippen LogP) is 2.94. The Kier molecular flexibility index (Phi) is 6.11. The van der Waals surface area contributed by atoms with Crippen LogP contribution in [-0.4, -0.2) is 35.4 Å². The summed E-state index contributed by atoms with van der Waals surface area (Å²) < 4.78 is 4.65. The molecule has 1 heterocycles. The lowest BCUT2D eigenvalue weighted by atomic mass is 10.1. The molecule has 2 aromatic rings. The van der Waals surface area contributed by atoms with Crippen molar-refractivity contribution in [2.75, 3.05) is 13.7 Å². The van der Waals surface area contributed by atoms with Gasteiger partial charge in [-0.05, 0) is 17.7 Å². The molecule has 1 aromatic heterocycles. The molecule has 5 nitrogen and oxygen atoms in total. The fourth-order valence-corrected chi connectivity index (χ4v) is 2.28. The Labute approximate surface area is 139 Å². The van der Waals surface area contributed by atoms with E-state index in [9.17, 15) is 9.59 Å². The number of methoxy groups -OCH3 is 1. The third-order valence-electron chi connectivity index (χ3n) is 3.29. The van der Waals surface area contributed by atoms with E-state index >= 15 is 0 Å². The van der Waals surface area contributed by atoms with E-state index in [0.29, 0.717) is 12.1 Å². The second-order valence-corrected chi connectivity index (χ2v) is 5.29. The van der Waals surface area contributed by atoms with Gasteiger partial charge in [0.05, 0.1) is 13.5 Å². The molecule has 0 aliphatic carbocycles. The molecule has 0 saturated carbocycles. The molecule has 23 heavy (non-hydrogen) atoms. The number of carbonyl (C=O) groups is 2. The van der Waals surface area contributed by atoms with Gasteiger partial charge in [-0.25, -0.2) is 4.98 Å². The number of amides is 1. The lowest BCUT2D eigenvalue weighted by molar-refractivity contribution is -0.140. The fraction of sp³-hybridized carbons (Fsp3) is 0.235. The summed E-state index contributed by atoms with van der Waals surface area (Å²) >= 11 is 5.85. The number of benzene rings is 1. The molecule has 0 spiro atoms. The van der Waals surface area contributed by atoms with Crippen LogP contribution in [-0.2, 0) is 16.1 Å². The second-order valence-electron chi connectivity index (χ2n) is 4.91. The largest absolute Gasteiger partial charge is 0.469 e. The minimum Gasteiger partial charge on any atom is -0.469 e. The summed E-state index contributed by atoms with van der Waals surface area (Å²) in [5.41, 5.74) is 1.41. The van der Waals surface area contributed by atoms with Gasteiger partial charge in [-0.2, -0.15) is 0 Å². The SMILES string of the molecule is COC(=O)CCN(Cc1ccccc1)C(=O)c1ccnc(Cl)c1. The van der Waals surface area contributed by atoms with Crippen LogP contribution in [0.4, 0.5) is 0 Å². The number of ether oxygens (including phenoxy) is 1. The van der Waals surface area contributed by atoms with E-state index < -0.39 is 0 Å². The summed E-state index contributed by atoms with van der Waals surface area (Å²) in [6, 6.07) is 12.7. The van der Waals surface area contributed by atoms with Crippen LogP contribution in [0.1, 0.15) is 22.3 Å². The standard InChI is InChI=1S/C17H17ClN2O3/c1-23-16(21)8-10-20(12-13-5-3-2-4-6-13)17(22)14-7-9-19-15(18)11-14/h2-7,9,11H,8,10,12H2,1H3. The molecule has 0 fully saturated rings. The van der Waals surface area contributed by atoms with Crippen LogP contribution in [0.2, 0.25) is 5.15 Å². The van der Waals surface area contributed by atoms with Crippen molar-refractivity contribution in [3.05, 3.63) is 64.9 Å². The van der Waals surface area contributed by atoms with Gasteiger partial charge >= 0.3 is 5.97 Å². The van der Waals surface area contributed by atoms with E-state index in [4.69, 9.17) is 11.6 Å². The number of hydrogen-bond acceptors (Lipinski definition) is 4. The first-order valence-electron chi connectivity index (χ1n) is 7.11. The van der Waals surface area contributed by atoms with Crippen LogP contribution in [0.5, 0.6) is 0 Å². The molecule has 0 unspecified atom stereocenters. The number of carbonyl (C=O) groups excluding carboxylic acids is 2. The zero-order chi connectivity index (χ0) is 16.7. The van der Waals surface area contributed by atoms with Gasteiger partial charge in [-0.15, -0.1) is 0 Å². The Hall–Kier alpha value is -2.40. The number of pyridine rings is 1. The van der Waals surface area contributed by atoms with Gasteiger partial charge in [0, 0.05) is 24.8 Å². The molecule has 2 rings (SSSR count). The Balaban J connectivity index is 2.17. The van der Waals surface area contributed by atoms with Crippen molar-refractivity contribution >= 4 is 23.5 Å². The normalized spacial score (nSPS) is 10.2. The molecule has 120 valence electrons. The van der Waals surface area contributed by atoms with Crippen LogP contribution >= 0.6 is 11.6 Å². The minimum absolute atomic E-state index is 0.133. The maximum absolute atomic E-state index is 12.7. The van der Waals surface area contributed by atoms with Crippen LogP contribution in [0.3, 0.4) is 0 Å². The highest BCUT2D eigenvalue weighted by Crippen LogP contribution is 2.13. The molecule has 6 heteroatoms. The summed E-state index contributed by atoms with van der Waals surface area (Å²) in [4.78, 5) is 29.5. The molecule has 0 N–H and O–H groups in total. The number of esters is 1. The molecule has 0 bridgehead atoms. The Morgan fingerprint density at radius 1 is 1.22 bits per heavy atom. The lowest BCUT2D eigenvalue weighted by Crippen LogP contribution is -2.32. The van der Waals surface area contributed by atoms with Crippen molar-refractivity contribution in [2.24, 2.45) is 0 Å². The van der Waals surface area contributed by atoms with Crippen molar-refractivity contribution in [3.8, 4) is 0 Å². The maximum atomic E-state index is 12.7.